The Labute approximate surface area is 132 Å². The molecular formula is C17H35N3O. The van der Waals surface area contributed by atoms with E-state index in [1.807, 2.05) is 67.8 Å². The van der Waals surface area contributed by atoms with Crippen molar-refractivity contribution in [2.45, 2.75) is 48.5 Å². The summed E-state index contributed by atoms with van der Waals surface area (Å²) in [5.74, 6) is 0. The normalized spacial score (nSPS) is 8.00. The number of likely N-dealkylation sites (N-methyl/N-ethyl adjacent to an activating group) is 2. The van der Waals surface area contributed by atoms with Crippen LogP contribution in [0.4, 0.5) is 0 Å². The zero-order valence-electron chi connectivity index (χ0n) is 15.2. The highest BCUT2D eigenvalue weighted by molar-refractivity contribution is 5.46. The average molecular weight is 297 g/mol. The summed E-state index contributed by atoms with van der Waals surface area (Å²) in [6.07, 6.45) is 2.74. The van der Waals surface area contributed by atoms with Gasteiger partial charge in [-0.3, -0.25) is 9.78 Å². The Kier molecular flexibility index (Phi) is 24.5. The van der Waals surface area contributed by atoms with Gasteiger partial charge in [-0.1, -0.05) is 33.8 Å². The predicted molar refractivity (Wildman–Crippen MR) is 93.6 cm³/mol. The van der Waals surface area contributed by atoms with Gasteiger partial charge in [-0.15, -0.1) is 0 Å². The van der Waals surface area contributed by atoms with Crippen molar-refractivity contribution in [3.8, 4) is 0 Å². The van der Waals surface area contributed by atoms with Crippen LogP contribution in [0.15, 0.2) is 18.3 Å². The molecule has 0 radical (unpaired) electrons. The Morgan fingerprint density at radius 2 is 1.76 bits per heavy atom. The van der Waals surface area contributed by atoms with E-state index in [2.05, 4.69) is 16.4 Å². The second-order valence-corrected chi connectivity index (χ2v) is 3.81. The van der Waals surface area contributed by atoms with E-state index in [1.165, 1.54) is 5.56 Å². The fourth-order valence-electron chi connectivity index (χ4n) is 1.08. The molecule has 0 spiro atoms. The van der Waals surface area contributed by atoms with E-state index in [4.69, 9.17) is 0 Å². The minimum Gasteiger partial charge on any atom is -0.344 e. The molecule has 1 rings (SSSR count). The lowest BCUT2D eigenvalue weighted by atomic mass is 10.3. The number of nitrogens with zero attached hydrogens (tertiary/aromatic N) is 2. The van der Waals surface area contributed by atoms with E-state index in [0.717, 1.165) is 31.7 Å². The summed E-state index contributed by atoms with van der Waals surface area (Å²) < 4.78 is 0. The van der Waals surface area contributed by atoms with Crippen molar-refractivity contribution in [1.82, 2.24) is 15.2 Å². The first-order valence-corrected chi connectivity index (χ1v) is 7.87. The smallest absolute Gasteiger partial charge is 0.209 e. The maximum atomic E-state index is 10.1. The molecule has 0 bridgehead atoms. The van der Waals surface area contributed by atoms with Crippen molar-refractivity contribution in [3.63, 3.8) is 0 Å². The molecule has 0 aliphatic heterocycles. The number of amides is 1. The van der Waals surface area contributed by atoms with Crippen LogP contribution in [0.25, 0.3) is 0 Å². The summed E-state index contributed by atoms with van der Waals surface area (Å²) >= 11 is 0. The number of hydrogen-bond donors (Lipinski definition) is 1. The van der Waals surface area contributed by atoms with E-state index in [-0.39, 0.29) is 0 Å². The minimum atomic E-state index is 0.797. The van der Waals surface area contributed by atoms with Crippen LogP contribution in [-0.4, -0.2) is 43.0 Å². The lowest BCUT2D eigenvalue weighted by molar-refractivity contribution is -0.117. The van der Waals surface area contributed by atoms with Gasteiger partial charge in [0.05, 0.1) is 0 Å². The summed E-state index contributed by atoms with van der Waals surface area (Å²) in [7, 11) is 1.87. The Balaban J connectivity index is -0.000000250. The van der Waals surface area contributed by atoms with Crippen molar-refractivity contribution in [3.05, 3.63) is 29.6 Å². The third kappa shape index (κ3) is 18.6. The standard InChI is InChI=1S/C7H9N.C6H14N2O.2C2H6/c1-6-3-4-7(2)8-5-6;1-3-8(6-9)5-4-7-2;2*1-2/h3-5H,1-2H3;6-7H,3-5H2,1-2H3;2*1-2H3. The van der Waals surface area contributed by atoms with Gasteiger partial charge in [0.15, 0.2) is 0 Å². The van der Waals surface area contributed by atoms with Gasteiger partial charge in [0.25, 0.3) is 0 Å². The molecule has 0 unspecified atom stereocenters. The maximum absolute atomic E-state index is 10.1. The maximum Gasteiger partial charge on any atom is 0.209 e. The number of carbonyl (C=O) groups excluding carboxylic acids is 1. The molecule has 1 aromatic rings. The summed E-state index contributed by atoms with van der Waals surface area (Å²) in [6.45, 7) is 16.4. The molecule has 0 atom stereocenters. The average Bonchev–Trinajstić information content (AvgIpc) is 2.56. The number of carbonyl (C=O) groups is 1. The molecule has 4 heteroatoms. The molecule has 0 aliphatic rings. The molecule has 0 saturated carbocycles. The SMILES string of the molecule is CC.CC.CCN(C=O)CCNC.Cc1ccc(C)nc1. The highest BCUT2D eigenvalue weighted by Crippen LogP contribution is 1.94. The third-order valence-corrected chi connectivity index (χ3v) is 2.26. The lowest BCUT2D eigenvalue weighted by Gasteiger charge is -2.12. The zero-order chi connectivity index (χ0) is 17.1. The molecule has 124 valence electrons. The van der Waals surface area contributed by atoms with Gasteiger partial charge < -0.3 is 10.2 Å². The number of aryl methyl sites for hydroxylation is 2. The van der Waals surface area contributed by atoms with Gasteiger partial charge >= 0.3 is 0 Å². The van der Waals surface area contributed by atoms with Crippen LogP contribution in [0.2, 0.25) is 0 Å². The number of aromatic nitrogens is 1. The van der Waals surface area contributed by atoms with Crippen LogP contribution >= 0.6 is 0 Å². The van der Waals surface area contributed by atoms with Crippen molar-refractivity contribution >= 4 is 6.41 Å². The van der Waals surface area contributed by atoms with Crippen LogP contribution in [0, 0.1) is 13.8 Å². The van der Waals surface area contributed by atoms with Gasteiger partial charge in [0.2, 0.25) is 6.41 Å². The monoisotopic (exact) mass is 297 g/mol. The van der Waals surface area contributed by atoms with Crippen molar-refractivity contribution in [2.24, 2.45) is 0 Å². The third-order valence-electron chi connectivity index (χ3n) is 2.26. The van der Waals surface area contributed by atoms with Gasteiger partial charge in [-0.05, 0) is 39.4 Å². The van der Waals surface area contributed by atoms with E-state index in [1.54, 1.807) is 4.90 Å². The Hall–Kier alpha value is -1.42. The van der Waals surface area contributed by atoms with Gasteiger partial charge in [0, 0.05) is 31.5 Å². The first-order chi connectivity index (χ1) is 10.1. The second kappa shape index (κ2) is 20.9. The number of pyridine rings is 1. The number of nitrogens with one attached hydrogen (secondary N) is 1. The van der Waals surface area contributed by atoms with Crippen molar-refractivity contribution < 1.29 is 4.79 Å². The molecule has 0 saturated heterocycles. The topological polar surface area (TPSA) is 45.2 Å². The Morgan fingerprint density at radius 1 is 1.19 bits per heavy atom. The van der Waals surface area contributed by atoms with E-state index in [0.29, 0.717) is 0 Å². The van der Waals surface area contributed by atoms with Crippen LogP contribution in [0.3, 0.4) is 0 Å². The van der Waals surface area contributed by atoms with Crippen LogP contribution in [0.1, 0.15) is 45.9 Å². The number of hydrogen-bond acceptors (Lipinski definition) is 3. The highest BCUT2D eigenvalue weighted by atomic mass is 16.1. The van der Waals surface area contributed by atoms with Crippen LogP contribution in [0.5, 0.6) is 0 Å². The zero-order valence-corrected chi connectivity index (χ0v) is 15.2. The molecule has 1 N–H and O–H groups in total. The summed E-state index contributed by atoms with van der Waals surface area (Å²) in [4.78, 5) is 15.9. The van der Waals surface area contributed by atoms with Crippen LogP contribution < -0.4 is 5.32 Å². The molecule has 4 nitrogen and oxygen atoms in total. The molecule has 0 aliphatic carbocycles. The van der Waals surface area contributed by atoms with Crippen LogP contribution in [-0.2, 0) is 4.79 Å². The Bertz CT molecular complexity index is 278. The molecule has 1 heterocycles. The largest absolute Gasteiger partial charge is 0.344 e. The van der Waals surface area contributed by atoms with E-state index < -0.39 is 0 Å². The van der Waals surface area contributed by atoms with Crippen molar-refractivity contribution in [2.75, 3.05) is 26.7 Å². The fourth-order valence-corrected chi connectivity index (χ4v) is 1.08. The first kappa shape index (κ1) is 24.6. The molecular weight excluding hydrogens is 262 g/mol. The Morgan fingerprint density at radius 3 is 2.05 bits per heavy atom. The minimum absolute atomic E-state index is 0.797. The molecule has 1 aromatic heterocycles. The molecule has 0 fully saturated rings. The van der Waals surface area contributed by atoms with E-state index in [9.17, 15) is 4.79 Å². The molecule has 1 amide bonds. The van der Waals surface area contributed by atoms with Crippen molar-refractivity contribution in [1.29, 1.82) is 0 Å². The number of rotatable bonds is 5. The highest BCUT2D eigenvalue weighted by Gasteiger charge is 1.93. The quantitative estimate of drug-likeness (QED) is 0.847. The van der Waals surface area contributed by atoms with Gasteiger partial charge in [-0.2, -0.15) is 0 Å². The fraction of sp³-hybridized carbons (Fsp3) is 0.647. The predicted octanol–water partition coefficient (Wildman–Crippen LogP) is 3.43. The molecule has 21 heavy (non-hydrogen) atoms. The van der Waals surface area contributed by atoms with Gasteiger partial charge in [0.1, 0.15) is 0 Å². The second-order valence-electron chi connectivity index (χ2n) is 3.81. The lowest BCUT2D eigenvalue weighted by Crippen LogP contribution is -2.29. The van der Waals surface area contributed by atoms with Gasteiger partial charge in [-0.25, -0.2) is 0 Å². The summed E-state index contributed by atoms with van der Waals surface area (Å²) in [5.41, 5.74) is 2.30. The molecule has 0 aromatic carbocycles. The summed E-state index contributed by atoms with van der Waals surface area (Å²) in [6, 6.07) is 4.07. The van der Waals surface area contributed by atoms with E-state index >= 15 is 0 Å². The summed E-state index contributed by atoms with van der Waals surface area (Å²) in [5, 5.41) is 2.97. The first-order valence-electron chi connectivity index (χ1n) is 7.87.